The largest absolute Gasteiger partial charge is 0.384 e. The first-order valence-corrected chi connectivity index (χ1v) is 10.0. The molecule has 2 atom stereocenters. The summed E-state index contributed by atoms with van der Waals surface area (Å²) in [5, 5.41) is 2.67. The van der Waals surface area contributed by atoms with Gasteiger partial charge in [0.1, 0.15) is 11.5 Å². The topological polar surface area (TPSA) is 80.6 Å². The van der Waals surface area contributed by atoms with Crippen molar-refractivity contribution in [2.45, 2.75) is 25.3 Å². The van der Waals surface area contributed by atoms with Crippen LogP contribution in [0.5, 0.6) is 0 Å². The van der Waals surface area contributed by atoms with Gasteiger partial charge in [0, 0.05) is 43.9 Å². The highest BCUT2D eigenvalue weighted by molar-refractivity contribution is 5.94. The first-order chi connectivity index (χ1) is 14.5. The highest BCUT2D eigenvalue weighted by Crippen LogP contribution is 2.36. The SMILES string of the molecule is COCCC(=O)Nc1ccc2n(c1=O)C[C@@H]1C[C@@H]2CN(C(=O)c2ccc(F)cc2)C1. The number of benzene rings is 1. The molecule has 0 unspecified atom stereocenters. The number of nitrogens with zero attached hydrogens (tertiary/aromatic N) is 2. The number of amides is 2. The van der Waals surface area contributed by atoms with Gasteiger partial charge in [0.2, 0.25) is 5.91 Å². The van der Waals surface area contributed by atoms with Crippen LogP contribution in [-0.2, 0) is 16.1 Å². The third-order valence-corrected chi connectivity index (χ3v) is 5.79. The van der Waals surface area contributed by atoms with Gasteiger partial charge in [0.05, 0.1) is 13.0 Å². The Hall–Kier alpha value is -3.00. The van der Waals surface area contributed by atoms with Gasteiger partial charge >= 0.3 is 0 Å². The highest BCUT2D eigenvalue weighted by atomic mass is 19.1. The predicted octanol–water partition coefficient (Wildman–Crippen LogP) is 2.22. The lowest BCUT2D eigenvalue weighted by Gasteiger charge is -2.43. The molecular formula is C22H24FN3O4. The van der Waals surface area contributed by atoms with Crippen molar-refractivity contribution in [1.82, 2.24) is 9.47 Å². The number of hydrogen-bond donors (Lipinski definition) is 1. The standard InChI is InChI=1S/C22H24FN3O4/c1-30-9-8-20(27)24-18-6-7-19-16-10-14(12-26(19)22(18)29)11-25(13-16)21(28)15-2-4-17(23)5-3-15/h2-7,14,16H,8-13H2,1H3,(H,24,27)/t14-,16-/m1/s1. The van der Waals surface area contributed by atoms with E-state index in [0.717, 1.165) is 12.1 Å². The number of piperidine rings is 1. The molecule has 2 bridgehead atoms. The Bertz CT molecular complexity index is 1020. The van der Waals surface area contributed by atoms with Gasteiger partial charge in [-0.25, -0.2) is 4.39 Å². The Morgan fingerprint density at radius 1 is 1.13 bits per heavy atom. The maximum Gasteiger partial charge on any atom is 0.274 e. The van der Waals surface area contributed by atoms with Gasteiger partial charge < -0.3 is 19.5 Å². The zero-order chi connectivity index (χ0) is 21.3. The summed E-state index contributed by atoms with van der Waals surface area (Å²) < 4.78 is 19.8. The van der Waals surface area contributed by atoms with Crippen LogP contribution < -0.4 is 10.9 Å². The summed E-state index contributed by atoms with van der Waals surface area (Å²) in [5.41, 5.74) is 1.39. The summed E-state index contributed by atoms with van der Waals surface area (Å²) in [6, 6.07) is 9.07. The summed E-state index contributed by atoms with van der Waals surface area (Å²) in [4.78, 5) is 39.5. The number of halogens is 1. The van der Waals surface area contributed by atoms with Gasteiger partial charge in [-0.2, -0.15) is 0 Å². The van der Waals surface area contributed by atoms with Gasteiger partial charge in [0.25, 0.3) is 11.5 Å². The number of likely N-dealkylation sites (tertiary alicyclic amines) is 1. The fraction of sp³-hybridized carbons (Fsp3) is 0.409. The van der Waals surface area contributed by atoms with E-state index < -0.39 is 0 Å². The molecule has 0 saturated carbocycles. The van der Waals surface area contributed by atoms with E-state index in [0.29, 0.717) is 31.8 Å². The summed E-state index contributed by atoms with van der Waals surface area (Å²) >= 11 is 0. The van der Waals surface area contributed by atoms with Crippen LogP contribution in [0.4, 0.5) is 10.1 Å². The van der Waals surface area contributed by atoms with E-state index in [9.17, 15) is 18.8 Å². The van der Waals surface area contributed by atoms with Crippen molar-refractivity contribution in [2.75, 3.05) is 32.1 Å². The minimum absolute atomic E-state index is 0.0489. The zero-order valence-electron chi connectivity index (χ0n) is 16.8. The number of rotatable bonds is 5. The van der Waals surface area contributed by atoms with Gasteiger partial charge in [0.15, 0.2) is 0 Å². The molecule has 0 radical (unpaired) electrons. The molecule has 7 nitrogen and oxygen atoms in total. The minimum atomic E-state index is -0.375. The molecule has 1 saturated heterocycles. The number of nitrogens with one attached hydrogen (secondary N) is 1. The first-order valence-electron chi connectivity index (χ1n) is 10.0. The van der Waals surface area contributed by atoms with Crippen LogP contribution in [0.25, 0.3) is 0 Å². The summed E-state index contributed by atoms with van der Waals surface area (Å²) in [6.07, 6.45) is 1.09. The number of carbonyl (C=O) groups excluding carboxylic acids is 2. The molecule has 1 aromatic carbocycles. The average molecular weight is 413 g/mol. The Labute approximate surface area is 173 Å². The molecular weight excluding hydrogens is 389 g/mol. The Balaban J connectivity index is 1.53. The molecule has 2 amide bonds. The normalized spacial score (nSPS) is 19.9. The minimum Gasteiger partial charge on any atom is -0.384 e. The Morgan fingerprint density at radius 3 is 2.63 bits per heavy atom. The van der Waals surface area contributed by atoms with Crippen molar-refractivity contribution in [3.63, 3.8) is 0 Å². The summed E-state index contributed by atoms with van der Waals surface area (Å²) in [7, 11) is 1.52. The molecule has 0 aliphatic carbocycles. The van der Waals surface area contributed by atoms with Crippen LogP contribution in [0.2, 0.25) is 0 Å². The van der Waals surface area contributed by atoms with Crippen molar-refractivity contribution in [1.29, 1.82) is 0 Å². The van der Waals surface area contributed by atoms with Crippen molar-refractivity contribution in [3.8, 4) is 0 Å². The van der Waals surface area contributed by atoms with Gasteiger partial charge in [-0.15, -0.1) is 0 Å². The molecule has 1 aromatic heterocycles. The van der Waals surface area contributed by atoms with Gasteiger partial charge in [-0.1, -0.05) is 0 Å². The zero-order valence-corrected chi connectivity index (χ0v) is 16.8. The van der Waals surface area contributed by atoms with E-state index in [1.54, 1.807) is 15.5 Å². The first kappa shape index (κ1) is 20.3. The lowest BCUT2D eigenvalue weighted by molar-refractivity contribution is -0.117. The number of fused-ring (bicyclic) bond motifs is 4. The maximum absolute atomic E-state index is 13.2. The van der Waals surface area contributed by atoms with Crippen LogP contribution in [-0.4, -0.2) is 48.1 Å². The van der Waals surface area contributed by atoms with Crippen molar-refractivity contribution < 1.29 is 18.7 Å². The number of ether oxygens (including phenoxy) is 1. The van der Waals surface area contributed by atoms with Gasteiger partial charge in [-0.3, -0.25) is 14.4 Å². The number of anilines is 1. The summed E-state index contributed by atoms with van der Waals surface area (Å²) in [6.45, 7) is 1.84. The van der Waals surface area contributed by atoms with Crippen LogP contribution in [0.1, 0.15) is 34.8 Å². The molecule has 0 spiro atoms. The number of hydrogen-bond acceptors (Lipinski definition) is 4. The summed E-state index contributed by atoms with van der Waals surface area (Å²) in [5.74, 6) is -0.560. The Morgan fingerprint density at radius 2 is 1.90 bits per heavy atom. The third kappa shape index (κ3) is 4.00. The van der Waals surface area contributed by atoms with E-state index in [-0.39, 0.29) is 47.1 Å². The predicted molar refractivity (Wildman–Crippen MR) is 109 cm³/mol. The molecule has 30 heavy (non-hydrogen) atoms. The number of carbonyl (C=O) groups is 2. The maximum atomic E-state index is 13.2. The average Bonchev–Trinajstić information content (AvgIpc) is 2.74. The van der Waals surface area contributed by atoms with Crippen molar-refractivity contribution in [3.05, 3.63) is 63.8 Å². The molecule has 3 heterocycles. The molecule has 158 valence electrons. The van der Waals surface area contributed by atoms with Crippen LogP contribution in [0.3, 0.4) is 0 Å². The second-order valence-electron chi connectivity index (χ2n) is 7.89. The lowest BCUT2D eigenvalue weighted by Crippen LogP contribution is -2.49. The quantitative estimate of drug-likeness (QED) is 0.815. The smallest absolute Gasteiger partial charge is 0.274 e. The highest BCUT2D eigenvalue weighted by Gasteiger charge is 2.37. The van der Waals surface area contributed by atoms with Crippen LogP contribution in [0, 0.1) is 11.7 Å². The van der Waals surface area contributed by atoms with E-state index in [1.807, 2.05) is 6.07 Å². The molecule has 4 rings (SSSR count). The Kier molecular flexibility index (Phi) is 5.67. The molecule has 2 aromatic rings. The van der Waals surface area contributed by atoms with Crippen molar-refractivity contribution in [2.24, 2.45) is 5.92 Å². The molecule has 2 aliphatic rings. The lowest BCUT2D eigenvalue weighted by atomic mass is 9.83. The fourth-order valence-electron chi connectivity index (χ4n) is 4.39. The van der Waals surface area contributed by atoms with E-state index in [2.05, 4.69) is 5.32 Å². The second-order valence-corrected chi connectivity index (χ2v) is 7.89. The van der Waals surface area contributed by atoms with Crippen LogP contribution in [0.15, 0.2) is 41.2 Å². The van der Waals surface area contributed by atoms with Gasteiger partial charge in [-0.05, 0) is 48.7 Å². The number of aromatic nitrogens is 1. The fourth-order valence-corrected chi connectivity index (χ4v) is 4.39. The number of pyridine rings is 1. The van der Waals surface area contributed by atoms with Crippen molar-refractivity contribution >= 4 is 17.5 Å². The third-order valence-electron chi connectivity index (χ3n) is 5.79. The van der Waals surface area contributed by atoms with Crippen LogP contribution >= 0.6 is 0 Å². The van der Waals surface area contributed by atoms with E-state index >= 15 is 0 Å². The number of methoxy groups -OCH3 is 1. The van der Waals surface area contributed by atoms with E-state index in [1.165, 1.54) is 31.4 Å². The molecule has 8 heteroatoms. The molecule has 1 fully saturated rings. The van der Waals surface area contributed by atoms with E-state index in [4.69, 9.17) is 4.74 Å². The molecule has 2 aliphatic heterocycles. The second kappa shape index (κ2) is 8.39. The monoisotopic (exact) mass is 413 g/mol. The molecule has 1 N–H and O–H groups in total.